The molecular weight excluding hydrogens is 221 g/mol. The van der Waals surface area contributed by atoms with Gasteiger partial charge >= 0.3 is 0 Å². The van der Waals surface area contributed by atoms with Gasteiger partial charge in [0.15, 0.2) is 0 Å². The molecule has 0 radical (unpaired) electrons. The molecule has 0 unspecified atom stereocenters. The lowest BCUT2D eigenvalue weighted by atomic mass is 10.2. The van der Waals surface area contributed by atoms with Gasteiger partial charge in [-0.05, 0) is 17.7 Å². The first-order valence-corrected chi connectivity index (χ1v) is 5.27. The maximum atomic E-state index is 5.88. The number of rotatable bonds is 3. The first-order chi connectivity index (χ1) is 6.75. The Morgan fingerprint density at radius 3 is 2.64 bits per heavy atom. The summed E-state index contributed by atoms with van der Waals surface area (Å²) in [5.74, 6) is 0. The summed E-state index contributed by atoms with van der Waals surface area (Å²) in [6.07, 6.45) is 0.351. The van der Waals surface area contributed by atoms with Crippen molar-refractivity contribution >= 4 is 23.2 Å². The van der Waals surface area contributed by atoms with Gasteiger partial charge in [0.05, 0.1) is 22.8 Å². The topological polar surface area (TPSA) is 21.3 Å². The van der Waals surface area contributed by atoms with Gasteiger partial charge < -0.3 is 10.1 Å². The van der Waals surface area contributed by atoms with E-state index < -0.39 is 0 Å². The van der Waals surface area contributed by atoms with Crippen LogP contribution in [0.4, 0.5) is 0 Å². The minimum absolute atomic E-state index is 0.351. The summed E-state index contributed by atoms with van der Waals surface area (Å²) in [5, 5.41) is 4.31. The third-order valence-corrected chi connectivity index (χ3v) is 2.95. The lowest BCUT2D eigenvalue weighted by Gasteiger charge is -2.27. The maximum Gasteiger partial charge on any atom is 0.0828 e. The molecule has 0 amide bonds. The van der Waals surface area contributed by atoms with Crippen molar-refractivity contribution in [3.8, 4) is 0 Å². The molecule has 0 spiro atoms. The van der Waals surface area contributed by atoms with Gasteiger partial charge in [-0.3, -0.25) is 0 Å². The highest BCUT2D eigenvalue weighted by Crippen LogP contribution is 2.23. The Morgan fingerprint density at radius 2 is 2.07 bits per heavy atom. The van der Waals surface area contributed by atoms with Crippen LogP contribution in [0.1, 0.15) is 5.56 Å². The highest BCUT2D eigenvalue weighted by atomic mass is 35.5. The summed E-state index contributed by atoms with van der Waals surface area (Å²) in [5.41, 5.74) is 1.06. The van der Waals surface area contributed by atoms with Gasteiger partial charge in [-0.1, -0.05) is 29.3 Å². The summed E-state index contributed by atoms with van der Waals surface area (Å²) < 4.78 is 5.59. The lowest BCUT2D eigenvalue weighted by Crippen LogP contribution is -2.48. The average molecular weight is 232 g/mol. The van der Waals surface area contributed by atoms with Crippen LogP contribution in [0.3, 0.4) is 0 Å². The van der Waals surface area contributed by atoms with Crippen LogP contribution >= 0.6 is 23.2 Å². The molecule has 0 aromatic heterocycles. The van der Waals surface area contributed by atoms with E-state index in [1.54, 1.807) is 6.07 Å². The molecule has 1 aliphatic rings. The SMILES string of the molecule is Clc1ccc(COC2CNC2)cc1Cl. The highest BCUT2D eigenvalue weighted by molar-refractivity contribution is 6.41. The molecule has 1 aromatic rings. The first kappa shape index (κ1) is 10.2. The number of ether oxygens (including phenoxy) is 1. The van der Waals surface area contributed by atoms with Crippen LogP contribution in [0.5, 0.6) is 0 Å². The number of hydrogen-bond acceptors (Lipinski definition) is 2. The van der Waals surface area contributed by atoms with Gasteiger partial charge in [0.25, 0.3) is 0 Å². The summed E-state index contributed by atoms with van der Waals surface area (Å²) in [6, 6.07) is 5.57. The Labute approximate surface area is 93.2 Å². The maximum absolute atomic E-state index is 5.88. The molecule has 2 rings (SSSR count). The molecule has 2 nitrogen and oxygen atoms in total. The number of nitrogens with one attached hydrogen (secondary N) is 1. The molecule has 1 saturated heterocycles. The van der Waals surface area contributed by atoms with Crippen LogP contribution in [0.25, 0.3) is 0 Å². The largest absolute Gasteiger partial charge is 0.371 e. The van der Waals surface area contributed by atoms with E-state index in [-0.39, 0.29) is 0 Å². The molecule has 76 valence electrons. The quantitative estimate of drug-likeness (QED) is 0.864. The van der Waals surface area contributed by atoms with Crippen LogP contribution in [0.2, 0.25) is 10.0 Å². The highest BCUT2D eigenvalue weighted by Gasteiger charge is 2.16. The Hall–Kier alpha value is -0.280. The zero-order chi connectivity index (χ0) is 9.97. The van der Waals surface area contributed by atoms with Gasteiger partial charge in [0.2, 0.25) is 0 Å². The van der Waals surface area contributed by atoms with Gasteiger partial charge in [-0.25, -0.2) is 0 Å². The fourth-order valence-electron chi connectivity index (χ4n) is 1.22. The van der Waals surface area contributed by atoms with Crippen molar-refractivity contribution in [2.75, 3.05) is 13.1 Å². The zero-order valence-electron chi connectivity index (χ0n) is 7.59. The Bertz CT molecular complexity index is 326. The summed E-state index contributed by atoms with van der Waals surface area (Å²) in [7, 11) is 0. The molecule has 1 heterocycles. The summed E-state index contributed by atoms with van der Waals surface area (Å²) in [6.45, 7) is 2.49. The van der Waals surface area contributed by atoms with E-state index in [0.717, 1.165) is 18.7 Å². The summed E-state index contributed by atoms with van der Waals surface area (Å²) >= 11 is 11.7. The summed E-state index contributed by atoms with van der Waals surface area (Å²) in [4.78, 5) is 0. The van der Waals surface area contributed by atoms with E-state index in [2.05, 4.69) is 5.32 Å². The predicted molar refractivity (Wildman–Crippen MR) is 57.9 cm³/mol. The molecule has 14 heavy (non-hydrogen) atoms. The Kier molecular flexibility index (Phi) is 3.29. The smallest absolute Gasteiger partial charge is 0.0828 e. The second kappa shape index (κ2) is 4.49. The van der Waals surface area contributed by atoms with Gasteiger partial charge in [-0.15, -0.1) is 0 Å². The van der Waals surface area contributed by atoms with E-state index in [1.807, 2.05) is 12.1 Å². The first-order valence-electron chi connectivity index (χ1n) is 4.52. The van der Waals surface area contributed by atoms with E-state index in [9.17, 15) is 0 Å². The number of halogens is 2. The third kappa shape index (κ3) is 2.39. The van der Waals surface area contributed by atoms with Crippen molar-refractivity contribution in [2.45, 2.75) is 12.7 Å². The second-order valence-corrected chi connectivity index (χ2v) is 4.15. The lowest BCUT2D eigenvalue weighted by molar-refractivity contribution is 0.00759. The zero-order valence-corrected chi connectivity index (χ0v) is 9.11. The molecule has 0 aliphatic carbocycles. The standard InChI is InChI=1S/C10H11Cl2NO/c11-9-2-1-7(3-10(9)12)6-14-8-4-13-5-8/h1-3,8,13H,4-6H2. The Morgan fingerprint density at radius 1 is 1.29 bits per heavy atom. The Balaban J connectivity index is 1.91. The van der Waals surface area contributed by atoms with Crippen molar-refractivity contribution in [3.63, 3.8) is 0 Å². The normalized spacial score (nSPS) is 16.7. The molecule has 1 aliphatic heterocycles. The molecule has 1 aromatic carbocycles. The van der Waals surface area contributed by atoms with Crippen molar-refractivity contribution in [1.29, 1.82) is 0 Å². The van der Waals surface area contributed by atoms with Gasteiger partial charge in [0.1, 0.15) is 0 Å². The minimum Gasteiger partial charge on any atom is -0.371 e. The fraction of sp³-hybridized carbons (Fsp3) is 0.400. The van der Waals surface area contributed by atoms with Gasteiger partial charge in [0, 0.05) is 13.1 Å². The molecule has 0 bridgehead atoms. The van der Waals surface area contributed by atoms with Crippen LogP contribution < -0.4 is 5.32 Å². The van der Waals surface area contributed by atoms with Crippen LogP contribution in [0.15, 0.2) is 18.2 Å². The van der Waals surface area contributed by atoms with Crippen molar-refractivity contribution < 1.29 is 4.74 Å². The minimum atomic E-state index is 0.351. The van der Waals surface area contributed by atoms with Crippen molar-refractivity contribution in [3.05, 3.63) is 33.8 Å². The predicted octanol–water partition coefficient (Wildman–Crippen LogP) is 2.48. The molecule has 1 N–H and O–H groups in total. The second-order valence-electron chi connectivity index (χ2n) is 3.34. The number of benzene rings is 1. The van der Waals surface area contributed by atoms with Crippen molar-refractivity contribution in [1.82, 2.24) is 5.32 Å². The molecular formula is C10H11Cl2NO. The van der Waals surface area contributed by atoms with E-state index in [4.69, 9.17) is 27.9 Å². The third-order valence-electron chi connectivity index (χ3n) is 2.21. The number of hydrogen-bond donors (Lipinski definition) is 1. The van der Waals surface area contributed by atoms with Crippen LogP contribution in [-0.2, 0) is 11.3 Å². The molecule has 0 saturated carbocycles. The van der Waals surface area contributed by atoms with Crippen molar-refractivity contribution in [2.24, 2.45) is 0 Å². The van der Waals surface area contributed by atoms with Gasteiger partial charge in [-0.2, -0.15) is 0 Å². The molecule has 0 atom stereocenters. The fourth-order valence-corrected chi connectivity index (χ4v) is 1.54. The van der Waals surface area contributed by atoms with E-state index >= 15 is 0 Å². The van der Waals surface area contributed by atoms with Crippen LogP contribution in [-0.4, -0.2) is 19.2 Å². The van der Waals surface area contributed by atoms with E-state index in [0.29, 0.717) is 22.8 Å². The molecule has 1 fully saturated rings. The van der Waals surface area contributed by atoms with Crippen LogP contribution in [0, 0.1) is 0 Å². The molecule has 4 heteroatoms. The average Bonchev–Trinajstić information content (AvgIpc) is 2.08. The monoisotopic (exact) mass is 231 g/mol. The van der Waals surface area contributed by atoms with E-state index in [1.165, 1.54) is 0 Å².